The van der Waals surface area contributed by atoms with Gasteiger partial charge in [0.15, 0.2) is 0 Å². The molecule has 1 spiro atoms. The highest BCUT2D eigenvalue weighted by molar-refractivity contribution is 7.89. The minimum atomic E-state index is -3.40. The Bertz CT molecular complexity index is 1210. The molecular weight excluding hydrogens is 492 g/mol. The summed E-state index contributed by atoms with van der Waals surface area (Å²) in [6.07, 6.45) is 1.36. The van der Waals surface area contributed by atoms with Crippen LogP contribution in [0, 0.1) is 0 Å². The van der Waals surface area contributed by atoms with E-state index in [1.165, 1.54) is 4.31 Å². The molecular formula is C27H36N4O5S. The summed E-state index contributed by atoms with van der Waals surface area (Å²) < 4.78 is 32.3. The number of nitrogens with one attached hydrogen (secondary N) is 1. The molecule has 2 aromatic rings. The molecule has 200 valence electrons. The van der Waals surface area contributed by atoms with Crippen LogP contribution in [0.25, 0.3) is 0 Å². The number of rotatable bonds is 9. The molecule has 2 aliphatic heterocycles. The molecule has 2 fully saturated rings. The zero-order valence-corrected chi connectivity index (χ0v) is 22.5. The Morgan fingerprint density at radius 1 is 1.05 bits per heavy atom. The lowest BCUT2D eigenvalue weighted by Crippen LogP contribution is -2.58. The Balaban J connectivity index is 1.45. The van der Waals surface area contributed by atoms with E-state index >= 15 is 0 Å². The molecule has 0 bridgehead atoms. The number of para-hydroxylation sites is 2. The van der Waals surface area contributed by atoms with Gasteiger partial charge in [-0.2, -0.15) is 0 Å². The highest BCUT2D eigenvalue weighted by atomic mass is 32.2. The van der Waals surface area contributed by atoms with Crippen LogP contribution in [-0.2, 0) is 26.0 Å². The van der Waals surface area contributed by atoms with Crippen LogP contribution in [0.5, 0.6) is 5.75 Å². The van der Waals surface area contributed by atoms with Crippen LogP contribution in [0.2, 0.25) is 0 Å². The number of hydrogen-bond acceptors (Lipinski definition) is 6. The Labute approximate surface area is 219 Å². The van der Waals surface area contributed by atoms with E-state index in [9.17, 15) is 18.0 Å². The third-order valence-corrected chi connectivity index (χ3v) is 9.61. The zero-order chi connectivity index (χ0) is 26.6. The van der Waals surface area contributed by atoms with Crippen LogP contribution in [0.1, 0.15) is 32.3 Å². The number of hydrogen-bond donors (Lipinski definition) is 1. The lowest BCUT2D eigenvalue weighted by Gasteiger charge is -2.43. The first-order chi connectivity index (χ1) is 17.7. The molecule has 37 heavy (non-hydrogen) atoms. The fourth-order valence-electron chi connectivity index (χ4n) is 5.21. The maximum absolute atomic E-state index is 13.8. The van der Waals surface area contributed by atoms with Gasteiger partial charge in [-0.3, -0.25) is 9.59 Å². The quantitative estimate of drug-likeness (QED) is 0.536. The van der Waals surface area contributed by atoms with Gasteiger partial charge in [-0.15, -0.1) is 0 Å². The molecule has 0 aliphatic carbocycles. The summed E-state index contributed by atoms with van der Waals surface area (Å²) in [4.78, 5) is 30.2. The van der Waals surface area contributed by atoms with Crippen LogP contribution in [0.3, 0.4) is 0 Å². The van der Waals surface area contributed by atoms with E-state index in [1.807, 2.05) is 59.5 Å². The molecule has 1 N–H and O–H groups in total. The Kier molecular flexibility index (Phi) is 8.08. The van der Waals surface area contributed by atoms with Gasteiger partial charge >= 0.3 is 0 Å². The van der Waals surface area contributed by atoms with Crippen molar-refractivity contribution in [2.75, 3.05) is 44.9 Å². The molecule has 2 saturated heterocycles. The zero-order valence-electron chi connectivity index (χ0n) is 21.7. The van der Waals surface area contributed by atoms with Crippen molar-refractivity contribution in [1.82, 2.24) is 14.5 Å². The number of nitrogens with zero attached hydrogens (tertiary/aromatic N) is 3. The molecule has 4 rings (SSSR count). The van der Waals surface area contributed by atoms with Crippen molar-refractivity contribution in [3.63, 3.8) is 0 Å². The van der Waals surface area contributed by atoms with Crippen LogP contribution in [-0.4, -0.2) is 80.2 Å². The van der Waals surface area contributed by atoms with Crippen molar-refractivity contribution in [3.8, 4) is 5.75 Å². The molecule has 10 heteroatoms. The number of piperidine rings is 1. The summed E-state index contributed by atoms with van der Waals surface area (Å²) >= 11 is 0. The van der Waals surface area contributed by atoms with Crippen LogP contribution < -0.4 is 15.0 Å². The number of sulfonamides is 1. The summed E-state index contributed by atoms with van der Waals surface area (Å²) in [6, 6.07) is 17.3. The highest BCUT2D eigenvalue weighted by Gasteiger charge is 2.55. The largest absolute Gasteiger partial charge is 0.496 e. The first-order valence-electron chi connectivity index (χ1n) is 12.7. The predicted molar refractivity (Wildman–Crippen MR) is 143 cm³/mol. The number of ether oxygens (including phenoxy) is 1. The summed E-state index contributed by atoms with van der Waals surface area (Å²) in [7, 11) is -1.78. The normalized spacial score (nSPS) is 18.0. The molecule has 2 aliphatic rings. The summed E-state index contributed by atoms with van der Waals surface area (Å²) in [5, 5.41) is 2.41. The number of anilines is 1. The fraction of sp³-hybridized carbons (Fsp3) is 0.481. The van der Waals surface area contributed by atoms with E-state index in [2.05, 4.69) is 5.32 Å². The molecule has 0 atom stereocenters. The monoisotopic (exact) mass is 528 g/mol. The summed E-state index contributed by atoms with van der Waals surface area (Å²) in [5.41, 5.74) is 1.01. The summed E-state index contributed by atoms with van der Waals surface area (Å²) in [5.74, 6) is 0.420. The van der Waals surface area contributed by atoms with Crippen LogP contribution >= 0.6 is 0 Å². The second kappa shape index (κ2) is 11.1. The lowest BCUT2D eigenvalue weighted by atomic mass is 9.86. The van der Waals surface area contributed by atoms with Gasteiger partial charge in [0.05, 0.1) is 19.0 Å². The van der Waals surface area contributed by atoms with Crippen molar-refractivity contribution in [2.24, 2.45) is 0 Å². The maximum atomic E-state index is 13.8. The minimum Gasteiger partial charge on any atom is -0.496 e. The third kappa shape index (κ3) is 5.45. The Morgan fingerprint density at radius 3 is 2.35 bits per heavy atom. The van der Waals surface area contributed by atoms with Crippen LogP contribution in [0.15, 0.2) is 54.6 Å². The SMILES string of the molecule is COc1ccccc1CCNC(=O)CN1CN(c2ccccc2)C2(CCN(S(=O)(=O)C(C)C)CC2)C1=O. The van der Waals surface area contributed by atoms with Gasteiger partial charge in [-0.25, -0.2) is 12.7 Å². The number of carbonyl (C=O) groups excluding carboxylic acids is 2. The van der Waals surface area contributed by atoms with Gasteiger partial charge in [0, 0.05) is 25.3 Å². The average Bonchev–Trinajstić information content (AvgIpc) is 3.15. The molecule has 0 unspecified atom stereocenters. The fourth-order valence-corrected chi connectivity index (χ4v) is 6.49. The van der Waals surface area contributed by atoms with Crippen LogP contribution in [0.4, 0.5) is 5.69 Å². The van der Waals surface area contributed by atoms with Crippen molar-refractivity contribution in [1.29, 1.82) is 0 Å². The highest BCUT2D eigenvalue weighted by Crippen LogP contribution is 2.40. The van der Waals surface area contributed by atoms with E-state index in [4.69, 9.17) is 4.74 Å². The first kappa shape index (κ1) is 26.9. The average molecular weight is 529 g/mol. The molecule has 9 nitrogen and oxygen atoms in total. The van der Waals surface area contributed by atoms with Crippen molar-refractivity contribution in [3.05, 3.63) is 60.2 Å². The van der Waals surface area contributed by atoms with Gasteiger partial charge in [-0.1, -0.05) is 36.4 Å². The first-order valence-corrected chi connectivity index (χ1v) is 14.2. The molecule has 0 saturated carbocycles. The lowest BCUT2D eigenvalue weighted by molar-refractivity contribution is -0.137. The second-order valence-electron chi connectivity index (χ2n) is 9.84. The number of carbonyl (C=O) groups is 2. The van der Waals surface area contributed by atoms with Gasteiger partial charge in [0.25, 0.3) is 0 Å². The van der Waals surface area contributed by atoms with E-state index in [-0.39, 0.29) is 38.1 Å². The molecule has 2 amide bonds. The molecule has 2 aromatic carbocycles. The third-order valence-electron chi connectivity index (χ3n) is 7.33. The maximum Gasteiger partial charge on any atom is 0.250 e. The van der Waals surface area contributed by atoms with Crippen molar-refractivity contribution in [2.45, 2.75) is 43.9 Å². The molecule has 2 heterocycles. The van der Waals surface area contributed by atoms with Gasteiger partial charge in [-0.05, 0) is 56.9 Å². The minimum absolute atomic E-state index is 0.0517. The standard InChI is InChI=1S/C27H36N4O5S/c1-21(2)37(34,35)30-17-14-27(15-18-30)26(33)29(20-31(27)23-10-5-4-6-11-23)19-25(32)28-16-13-22-9-7-8-12-24(22)36-3/h4-12,21H,13-20H2,1-3H3,(H,28,32). The van der Waals surface area contributed by atoms with E-state index in [1.54, 1.807) is 25.9 Å². The van der Waals surface area contributed by atoms with Gasteiger partial charge in [0.2, 0.25) is 21.8 Å². The summed E-state index contributed by atoms with van der Waals surface area (Å²) in [6.45, 7) is 4.54. The smallest absolute Gasteiger partial charge is 0.250 e. The number of benzene rings is 2. The van der Waals surface area contributed by atoms with E-state index < -0.39 is 20.8 Å². The van der Waals surface area contributed by atoms with Crippen molar-refractivity contribution >= 4 is 27.5 Å². The number of methoxy groups -OCH3 is 1. The number of amides is 2. The Morgan fingerprint density at radius 2 is 1.70 bits per heavy atom. The Hall–Kier alpha value is -3.11. The van der Waals surface area contributed by atoms with Gasteiger partial charge < -0.3 is 19.9 Å². The topological polar surface area (TPSA) is 99.3 Å². The van der Waals surface area contributed by atoms with Crippen molar-refractivity contribution < 1.29 is 22.7 Å². The van der Waals surface area contributed by atoms with E-state index in [0.29, 0.717) is 25.8 Å². The van der Waals surface area contributed by atoms with Gasteiger partial charge in [0.1, 0.15) is 17.8 Å². The second-order valence-corrected chi connectivity index (χ2v) is 12.3. The molecule has 0 aromatic heterocycles. The predicted octanol–water partition coefficient (Wildman–Crippen LogP) is 2.23. The van der Waals surface area contributed by atoms with E-state index in [0.717, 1.165) is 17.0 Å². The molecule has 0 radical (unpaired) electrons.